The first-order chi connectivity index (χ1) is 12.6. The lowest BCUT2D eigenvalue weighted by Gasteiger charge is -2.29. The number of carbonyl (C=O) groups is 2. The van der Waals surface area contributed by atoms with Crippen molar-refractivity contribution in [2.24, 2.45) is 4.99 Å². The third kappa shape index (κ3) is 4.01. The number of anilines is 2. The Morgan fingerprint density at radius 1 is 1.42 bits per heavy atom. The first kappa shape index (κ1) is 17.9. The van der Waals surface area contributed by atoms with E-state index in [1.807, 2.05) is 4.90 Å². The van der Waals surface area contributed by atoms with Gasteiger partial charge in [-0.2, -0.15) is 0 Å². The van der Waals surface area contributed by atoms with Gasteiger partial charge in [0.05, 0.1) is 37.7 Å². The molecule has 0 bridgehead atoms. The Labute approximate surface area is 149 Å². The standard InChI is InChI=1S/C17H19FN4O4/c1-2-19-16(23)20-10-13-11-22(17(24)26-13)12-3-4-15(14(18)9-12)21-5-7-25-8-6-21/h3-4,9,13H,1,5-8,10-11H2,(H,20,23). The van der Waals surface area contributed by atoms with Crippen LogP contribution in [0.4, 0.5) is 25.4 Å². The van der Waals surface area contributed by atoms with Crippen LogP contribution >= 0.6 is 0 Å². The lowest BCUT2D eigenvalue weighted by molar-refractivity contribution is 0.122. The molecule has 0 aromatic heterocycles. The number of cyclic esters (lactones) is 1. The van der Waals surface area contributed by atoms with Crippen LogP contribution in [0.5, 0.6) is 0 Å². The predicted octanol–water partition coefficient (Wildman–Crippen LogP) is 1.55. The summed E-state index contributed by atoms with van der Waals surface area (Å²) >= 11 is 0. The fourth-order valence-corrected chi connectivity index (χ4v) is 2.88. The van der Waals surface area contributed by atoms with Gasteiger partial charge in [0.15, 0.2) is 0 Å². The molecular formula is C17H19FN4O4. The van der Waals surface area contributed by atoms with Crippen LogP contribution in [-0.2, 0) is 9.47 Å². The highest BCUT2D eigenvalue weighted by Gasteiger charge is 2.33. The number of hydrogen-bond acceptors (Lipinski definition) is 5. The molecule has 0 radical (unpaired) electrons. The lowest BCUT2D eigenvalue weighted by Crippen LogP contribution is -2.36. The molecule has 1 aromatic rings. The van der Waals surface area contributed by atoms with Crippen molar-refractivity contribution in [2.75, 3.05) is 49.2 Å². The molecule has 0 saturated carbocycles. The maximum atomic E-state index is 14.5. The SMILES string of the molecule is C=C=NC(=O)NCC1CN(c2ccc(N3CCOCC3)c(F)c2)C(=O)O1. The maximum Gasteiger partial charge on any atom is 0.414 e. The van der Waals surface area contributed by atoms with E-state index in [-0.39, 0.29) is 13.1 Å². The molecule has 26 heavy (non-hydrogen) atoms. The van der Waals surface area contributed by atoms with Crippen molar-refractivity contribution in [3.8, 4) is 0 Å². The van der Waals surface area contributed by atoms with Gasteiger partial charge in [0.2, 0.25) is 0 Å². The van der Waals surface area contributed by atoms with E-state index < -0.39 is 24.0 Å². The van der Waals surface area contributed by atoms with Gasteiger partial charge in [0, 0.05) is 13.1 Å². The van der Waals surface area contributed by atoms with Crippen LogP contribution in [0.1, 0.15) is 0 Å². The van der Waals surface area contributed by atoms with Crippen LogP contribution in [0.2, 0.25) is 0 Å². The highest BCUT2D eigenvalue weighted by Crippen LogP contribution is 2.28. The number of nitrogens with one attached hydrogen (secondary N) is 1. The van der Waals surface area contributed by atoms with Gasteiger partial charge >= 0.3 is 12.1 Å². The molecule has 3 amide bonds. The van der Waals surface area contributed by atoms with Gasteiger partial charge < -0.3 is 19.7 Å². The molecule has 0 aliphatic carbocycles. The van der Waals surface area contributed by atoms with E-state index >= 15 is 0 Å². The number of morpholine rings is 1. The van der Waals surface area contributed by atoms with Gasteiger partial charge in [0.25, 0.3) is 0 Å². The van der Waals surface area contributed by atoms with Crippen molar-refractivity contribution in [1.29, 1.82) is 0 Å². The van der Waals surface area contributed by atoms with Gasteiger partial charge in [0.1, 0.15) is 11.9 Å². The fraction of sp³-hybridized carbons (Fsp3) is 0.412. The molecular weight excluding hydrogens is 343 g/mol. The number of benzene rings is 1. The molecule has 8 nitrogen and oxygen atoms in total. The Bertz CT molecular complexity index is 744. The molecule has 1 atom stereocenters. The van der Waals surface area contributed by atoms with Crippen molar-refractivity contribution in [3.63, 3.8) is 0 Å². The van der Waals surface area contributed by atoms with E-state index in [0.717, 1.165) is 0 Å². The van der Waals surface area contributed by atoms with E-state index in [9.17, 15) is 14.0 Å². The summed E-state index contributed by atoms with van der Waals surface area (Å²) in [6.45, 7) is 5.86. The maximum absolute atomic E-state index is 14.5. The molecule has 1 N–H and O–H groups in total. The summed E-state index contributed by atoms with van der Waals surface area (Å²) in [5.74, 6) is 1.71. The summed E-state index contributed by atoms with van der Waals surface area (Å²) in [7, 11) is 0. The van der Waals surface area contributed by atoms with Crippen molar-refractivity contribution in [1.82, 2.24) is 5.32 Å². The highest BCUT2D eigenvalue weighted by molar-refractivity contribution is 5.90. The minimum Gasteiger partial charge on any atom is -0.442 e. The number of hydrogen-bond donors (Lipinski definition) is 1. The summed E-state index contributed by atoms with van der Waals surface area (Å²) in [5, 5.41) is 2.48. The van der Waals surface area contributed by atoms with E-state index in [2.05, 4.69) is 22.8 Å². The summed E-state index contributed by atoms with van der Waals surface area (Å²) in [6, 6.07) is 4.03. The topological polar surface area (TPSA) is 83.5 Å². The summed E-state index contributed by atoms with van der Waals surface area (Å²) in [4.78, 5) is 29.9. The second-order valence-electron chi connectivity index (χ2n) is 5.81. The molecule has 2 fully saturated rings. The summed E-state index contributed by atoms with van der Waals surface area (Å²) < 4.78 is 25.0. The monoisotopic (exact) mass is 362 g/mol. The Morgan fingerprint density at radius 3 is 2.88 bits per heavy atom. The zero-order chi connectivity index (χ0) is 18.5. The van der Waals surface area contributed by atoms with E-state index in [4.69, 9.17) is 9.47 Å². The van der Waals surface area contributed by atoms with Gasteiger partial charge in [-0.25, -0.2) is 14.0 Å². The Morgan fingerprint density at radius 2 is 2.19 bits per heavy atom. The molecule has 2 aliphatic rings. The third-order valence-corrected chi connectivity index (χ3v) is 4.13. The largest absolute Gasteiger partial charge is 0.442 e. The predicted molar refractivity (Wildman–Crippen MR) is 93.5 cm³/mol. The zero-order valence-electron chi connectivity index (χ0n) is 14.1. The van der Waals surface area contributed by atoms with Gasteiger partial charge in [-0.3, -0.25) is 4.90 Å². The van der Waals surface area contributed by atoms with Gasteiger partial charge in [-0.05, 0) is 30.6 Å². The number of urea groups is 1. The number of aliphatic imine (C=N–C) groups is 1. The molecule has 2 saturated heterocycles. The number of nitrogens with zero attached hydrogens (tertiary/aromatic N) is 3. The number of ether oxygens (including phenoxy) is 2. The smallest absolute Gasteiger partial charge is 0.414 e. The van der Waals surface area contributed by atoms with Crippen molar-refractivity contribution in [3.05, 3.63) is 30.6 Å². The molecule has 0 spiro atoms. The van der Waals surface area contributed by atoms with Crippen molar-refractivity contribution < 1.29 is 23.5 Å². The van der Waals surface area contributed by atoms with Crippen LogP contribution in [-0.4, -0.2) is 63.5 Å². The van der Waals surface area contributed by atoms with E-state index in [1.165, 1.54) is 11.0 Å². The highest BCUT2D eigenvalue weighted by atomic mass is 19.1. The van der Waals surface area contributed by atoms with Gasteiger partial charge in [-0.1, -0.05) is 0 Å². The number of halogens is 1. The van der Waals surface area contributed by atoms with Crippen molar-refractivity contribution in [2.45, 2.75) is 6.10 Å². The number of carbonyl (C=O) groups excluding carboxylic acids is 2. The average molecular weight is 362 g/mol. The van der Waals surface area contributed by atoms with E-state index in [1.54, 1.807) is 12.1 Å². The molecule has 1 aromatic carbocycles. The first-order valence-electron chi connectivity index (χ1n) is 8.19. The lowest BCUT2D eigenvalue weighted by atomic mass is 10.2. The van der Waals surface area contributed by atoms with E-state index in [0.29, 0.717) is 37.7 Å². The molecule has 2 aliphatic heterocycles. The molecule has 3 rings (SSSR count). The van der Waals surface area contributed by atoms with Crippen LogP contribution in [0.15, 0.2) is 29.8 Å². The minimum atomic E-state index is -0.615. The second-order valence-corrected chi connectivity index (χ2v) is 5.81. The quantitative estimate of drug-likeness (QED) is 0.822. The summed E-state index contributed by atoms with van der Waals surface area (Å²) in [5.41, 5.74) is 0.887. The third-order valence-electron chi connectivity index (χ3n) is 4.13. The van der Waals surface area contributed by atoms with Crippen LogP contribution in [0, 0.1) is 5.82 Å². The van der Waals surface area contributed by atoms with Crippen LogP contribution in [0.25, 0.3) is 0 Å². The molecule has 2 heterocycles. The van der Waals surface area contributed by atoms with Gasteiger partial charge in [-0.15, -0.1) is 4.99 Å². The Kier molecular flexibility index (Phi) is 5.50. The number of amides is 3. The molecule has 9 heteroatoms. The van der Waals surface area contributed by atoms with Crippen molar-refractivity contribution >= 4 is 29.4 Å². The second kappa shape index (κ2) is 7.99. The molecule has 1 unspecified atom stereocenters. The first-order valence-corrected chi connectivity index (χ1v) is 8.19. The Balaban J connectivity index is 1.65. The zero-order valence-corrected chi connectivity index (χ0v) is 14.1. The molecule has 138 valence electrons. The average Bonchev–Trinajstić information content (AvgIpc) is 3.02. The fourth-order valence-electron chi connectivity index (χ4n) is 2.88. The minimum absolute atomic E-state index is 0.0978. The van der Waals surface area contributed by atoms with Crippen LogP contribution < -0.4 is 15.1 Å². The van der Waals surface area contributed by atoms with Crippen LogP contribution in [0.3, 0.4) is 0 Å². The summed E-state index contributed by atoms with van der Waals surface area (Å²) in [6.07, 6.45) is -1.14. The normalized spacial score (nSPS) is 19.7. The number of rotatable bonds is 4. The Hall–Kier alpha value is -2.90.